The molecule has 0 aliphatic carbocycles. The lowest BCUT2D eigenvalue weighted by atomic mass is 9.81. The standard InChI is InChI=1S/C26H29N3O3S/c1-32-19-7-9-25-22(16-19)21(10-12-28-25)24(27)8-6-18-11-14-29(17-23(18)26(30)31)13-2-4-20-5-3-15-33-20/h3,5,7,9-10,12,15-16,18,23-24H,6,8,11,13-14,17,27H2,1H3,(H,30,31)/t18-,23+,24-/m1/s1. The van der Waals surface area contributed by atoms with Crippen molar-refractivity contribution in [2.45, 2.75) is 25.3 Å². The molecule has 1 fully saturated rings. The average Bonchev–Trinajstić information content (AvgIpc) is 3.35. The quantitative estimate of drug-likeness (QED) is 0.512. The Morgan fingerprint density at radius 3 is 3.03 bits per heavy atom. The number of nitrogens with zero attached hydrogens (tertiary/aromatic N) is 2. The highest BCUT2D eigenvalue weighted by molar-refractivity contribution is 7.10. The number of ether oxygens (including phenoxy) is 1. The van der Waals surface area contributed by atoms with Crippen molar-refractivity contribution in [3.05, 3.63) is 58.4 Å². The van der Waals surface area contributed by atoms with E-state index in [1.165, 1.54) is 0 Å². The van der Waals surface area contributed by atoms with Crippen molar-refractivity contribution in [2.24, 2.45) is 17.6 Å². The number of carbonyl (C=O) groups is 1. The number of carboxylic acids is 1. The van der Waals surface area contributed by atoms with E-state index in [0.29, 0.717) is 13.1 Å². The summed E-state index contributed by atoms with van der Waals surface area (Å²) in [5.41, 5.74) is 8.49. The smallest absolute Gasteiger partial charge is 0.308 e. The van der Waals surface area contributed by atoms with Gasteiger partial charge in [-0.1, -0.05) is 17.9 Å². The van der Waals surface area contributed by atoms with Gasteiger partial charge < -0.3 is 15.6 Å². The molecule has 1 aromatic carbocycles. The van der Waals surface area contributed by atoms with Crippen LogP contribution in [0.2, 0.25) is 0 Å². The maximum absolute atomic E-state index is 12.0. The van der Waals surface area contributed by atoms with Gasteiger partial charge >= 0.3 is 5.97 Å². The van der Waals surface area contributed by atoms with Crippen LogP contribution < -0.4 is 10.5 Å². The lowest BCUT2D eigenvalue weighted by molar-refractivity contribution is -0.146. The minimum Gasteiger partial charge on any atom is -0.497 e. The topological polar surface area (TPSA) is 88.7 Å². The van der Waals surface area contributed by atoms with Gasteiger partial charge in [0.1, 0.15) is 5.75 Å². The van der Waals surface area contributed by atoms with Crippen LogP contribution in [-0.4, -0.2) is 47.7 Å². The number of likely N-dealkylation sites (tertiary alicyclic amines) is 1. The van der Waals surface area contributed by atoms with Crippen molar-refractivity contribution in [3.8, 4) is 17.6 Å². The Labute approximate surface area is 198 Å². The van der Waals surface area contributed by atoms with Crippen LogP contribution in [0, 0.1) is 23.7 Å². The first kappa shape index (κ1) is 23.2. The lowest BCUT2D eigenvalue weighted by Gasteiger charge is -2.36. The zero-order chi connectivity index (χ0) is 23.2. The fraction of sp³-hybridized carbons (Fsp3) is 0.385. The number of aliphatic carboxylic acids is 1. The van der Waals surface area contributed by atoms with Gasteiger partial charge in [0.05, 0.1) is 30.0 Å². The Morgan fingerprint density at radius 1 is 1.39 bits per heavy atom. The van der Waals surface area contributed by atoms with Crippen molar-refractivity contribution < 1.29 is 14.6 Å². The molecule has 3 aromatic rings. The number of hydrogen-bond acceptors (Lipinski definition) is 6. The average molecular weight is 464 g/mol. The third-order valence-electron chi connectivity index (χ3n) is 6.42. The van der Waals surface area contributed by atoms with Gasteiger partial charge in [-0.05, 0) is 73.0 Å². The van der Waals surface area contributed by atoms with Gasteiger partial charge in [0.25, 0.3) is 0 Å². The number of methoxy groups -OCH3 is 1. The molecule has 6 nitrogen and oxygen atoms in total. The van der Waals surface area contributed by atoms with Gasteiger partial charge in [-0.3, -0.25) is 14.7 Å². The number of fused-ring (bicyclic) bond motifs is 1. The summed E-state index contributed by atoms with van der Waals surface area (Å²) in [5, 5.41) is 12.9. The number of pyridine rings is 1. The summed E-state index contributed by atoms with van der Waals surface area (Å²) < 4.78 is 5.36. The monoisotopic (exact) mass is 463 g/mol. The molecule has 2 aromatic heterocycles. The number of piperidine rings is 1. The van der Waals surface area contributed by atoms with Crippen molar-refractivity contribution >= 4 is 28.2 Å². The number of benzene rings is 1. The number of thiophene rings is 1. The van der Waals surface area contributed by atoms with E-state index in [0.717, 1.165) is 52.9 Å². The van der Waals surface area contributed by atoms with Crippen LogP contribution in [-0.2, 0) is 4.79 Å². The maximum Gasteiger partial charge on any atom is 0.308 e. The molecule has 0 unspecified atom stereocenters. The summed E-state index contributed by atoms with van der Waals surface area (Å²) in [6.45, 7) is 1.99. The second-order valence-corrected chi connectivity index (χ2v) is 9.42. The summed E-state index contributed by atoms with van der Waals surface area (Å²) >= 11 is 1.62. The molecule has 0 amide bonds. The minimum atomic E-state index is -0.733. The maximum atomic E-state index is 12.0. The van der Waals surface area contributed by atoms with Crippen LogP contribution in [0.5, 0.6) is 5.75 Å². The van der Waals surface area contributed by atoms with E-state index in [2.05, 4.69) is 21.7 Å². The van der Waals surface area contributed by atoms with Gasteiger partial charge in [0.2, 0.25) is 0 Å². The zero-order valence-electron chi connectivity index (χ0n) is 18.7. The molecule has 0 bridgehead atoms. The molecular weight excluding hydrogens is 434 g/mol. The van der Waals surface area contributed by atoms with Crippen molar-refractivity contribution in [1.29, 1.82) is 0 Å². The van der Waals surface area contributed by atoms with E-state index in [-0.39, 0.29) is 12.0 Å². The fourth-order valence-electron chi connectivity index (χ4n) is 4.57. The van der Waals surface area contributed by atoms with Crippen molar-refractivity contribution in [3.63, 3.8) is 0 Å². The first-order chi connectivity index (χ1) is 16.0. The molecule has 1 aliphatic heterocycles. The highest BCUT2D eigenvalue weighted by Gasteiger charge is 2.34. The van der Waals surface area contributed by atoms with E-state index in [1.807, 2.05) is 41.8 Å². The predicted molar refractivity (Wildman–Crippen MR) is 131 cm³/mol. The Morgan fingerprint density at radius 2 is 2.27 bits per heavy atom. The molecule has 172 valence electrons. The Balaban J connectivity index is 1.38. The van der Waals surface area contributed by atoms with Crippen LogP contribution in [0.3, 0.4) is 0 Å². The minimum absolute atomic E-state index is 0.109. The molecule has 0 spiro atoms. The fourth-order valence-corrected chi connectivity index (χ4v) is 5.16. The number of aromatic nitrogens is 1. The highest BCUT2D eigenvalue weighted by atomic mass is 32.1. The third-order valence-corrected chi connectivity index (χ3v) is 7.21. The number of carboxylic acid groups (broad SMARTS) is 1. The van der Waals surface area contributed by atoms with E-state index in [9.17, 15) is 9.90 Å². The summed E-state index contributed by atoms with van der Waals surface area (Å²) in [6, 6.07) is 11.5. The molecule has 3 heterocycles. The molecule has 4 rings (SSSR count). The molecule has 7 heteroatoms. The number of nitrogens with two attached hydrogens (primary N) is 1. The molecule has 0 radical (unpaired) electrons. The molecular formula is C26H29N3O3S. The van der Waals surface area contributed by atoms with Gasteiger partial charge in [-0.25, -0.2) is 0 Å². The van der Waals surface area contributed by atoms with E-state index < -0.39 is 11.9 Å². The second kappa shape index (κ2) is 10.8. The predicted octanol–water partition coefficient (Wildman–Crippen LogP) is 4.16. The summed E-state index contributed by atoms with van der Waals surface area (Å²) in [7, 11) is 1.64. The summed E-state index contributed by atoms with van der Waals surface area (Å²) in [6.07, 6.45) is 4.12. The normalized spacial score (nSPS) is 19.6. The Bertz CT molecular complexity index is 1150. The molecule has 3 atom stereocenters. The number of hydrogen-bond donors (Lipinski definition) is 2. The van der Waals surface area contributed by atoms with E-state index in [4.69, 9.17) is 10.5 Å². The highest BCUT2D eigenvalue weighted by Crippen LogP contribution is 2.32. The SMILES string of the molecule is COc1ccc2nccc([C@H](N)CC[C@@H]3CCN(CC#Cc4cccs4)C[C@@H]3C(=O)O)c2c1. The molecule has 1 aliphatic rings. The third kappa shape index (κ3) is 5.72. The van der Waals surface area contributed by atoms with Gasteiger partial charge in [0, 0.05) is 24.2 Å². The Kier molecular flexibility index (Phi) is 7.61. The molecule has 0 saturated carbocycles. The van der Waals surface area contributed by atoms with Gasteiger partial charge in [-0.15, -0.1) is 11.3 Å². The Hall–Kier alpha value is -2.92. The van der Waals surface area contributed by atoms with Crippen LogP contribution in [0.1, 0.15) is 35.7 Å². The largest absolute Gasteiger partial charge is 0.497 e. The van der Waals surface area contributed by atoms with Crippen molar-refractivity contribution in [1.82, 2.24) is 9.88 Å². The van der Waals surface area contributed by atoms with Gasteiger partial charge in [0.15, 0.2) is 0 Å². The van der Waals surface area contributed by atoms with Crippen LogP contribution in [0.15, 0.2) is 48.0 Å². The summed E-state index contributed by atoms with van der Waals surface area (Å²) in [4.78, 5) is 19.6. The van der Waals surface area contributed by atoms with Crippen LogP contribution in [0.25, 0.3) is 10.9 Å². The second-order valence-electron chi connectivity index (χ2n) is 8.47. The van der Waals surface area contributed by atoms with Crippen LogP contribution >= 0.6 is 11.3 Å². The van der Waals surface area contributed by atoms with Crippen molar-refractivity contribution in [2.75, 3.05) is 26.7 Å². The molecule has 33 heavy (non-hydrogen) atoms. The van der Waals surface area contributed by atoms with E-state index in [1.54, 1.807) is 24.6 Å². The summed E-state index contributed by atoms with van der Waals surface area (Å²) in [5.74, 6) is 6.09. The van der Waals surface area contributed by atoms with Gasteiger partial charge in [-0.2, -0.15) is 0 Å². The number of rotatable bonds is 7. The molecule has 1 saturated heterocycles. The first-order valence-electron chi connectivity index (χ1n) is 11.2. The van der Waals surface area contributed by atoms with E-state index >= 15 is 0 Å². The molecule has 3 N–H and O–H groups in total. The zero-order valence-corrected chi connectivity index (χ0v) is 19.6. The lowest BCUT2D eigenvalue weighted by Crippen LogP contribution is -2.44. The van der Waals surface area contributed by atoms with Crippen LogP contribution in [0.4, 0.5) is 0 Å². The first-order valence-corrected chi connectivity index (χ1v) is 12.1.